The smallest absolute Gasteiger partial charge is 0.157 e. The third-order valence-corrected chi connectivity index (χ3v) is 10.7. The average molecular weight is 454 g/mol. The van der Waals surface area contributed by atoms with Crippen LogP contribution in [0.15, 0.2) is 12.4 Å². The number of ether oxygens (including phenoxy) is 1. The monoisotopic (exact) mass is 453 g/mol. The number of ketones is 1. The first-order valence-electron chi connectivity index (χ1n) is 12.9. The van der Waals surface area contributed by atoms with E-state index in [1.807, 2.05) is 0 Å². The molecule has 5 rings (SSSR count). The Labute approximate surface area is 197 Å². The Morgan fingerprint density at radius 3 is 2.70 bits per heavy atom. The molecular formula is C27H39N3O3. The summed E-state index contributed by atoms with van der Waals surface area (Å²) in [5.41, 5.74) is 0.235. The fraction of sp³-hybridized carbons (Fsp3) is 0.815. The van der Waals surface area contributed by atoms with Crippen molar-refractivity contribution in [1.29, 1.82) is 5.26 Å². The molecule has 1 aromatic rings. The summed E-state index contributed by atoms with van der Waals surface area (Å²) >= 11 is 0. The lowest BCUT2D eigenvalue weighted by Gasteiger charge is -2.62. The van der Waals surface area contributed by atoms with E-state index in [0.717, 1.165) is 38.5 Å². The van der Waals surface area contributed by atoms with Crippen molar-refractivity contribution in [3.8, 4) is 6.07 Å². The molecule has 0 aromatic carbocycles. The van der Waals surface area contributed by atoms with Gasteiger partial charge in [-0.3, -0.25) is 9.48 Å². The minimum atomic E-state index is -0.655. The topological polar surface area (TPSA) is 88.1 Å². The van der Waals surface area contributed by atoms with Crippen LogP contribution in [0.25, 0.3) is 0 Å². The number of hydrogen-bond acceptors (Lipinski definition) is 5. The van der Waals surface area contributed by atoms with Crippen molar-refractivity contribution in [3.05, 3.63) is 18.0 Å². The van der Waals surface area contributed by atoms with Gasteiger partial charge >= 0.3 is 0 Å². The Balaban J connectivity index is 1.31. The number of aliphatic hydroxyl groups is 1. The van der Waals surface area contributed by atoms with Crippen molar-refractivity contribution in [3.63, 3.8) is 0 Å². The zero-order chi connectivity index (χ0) is 23.4. The van der Waals surface area contributed by atoms with Crippen LogP contribution in [-0.4, -0.2) is 40.0 Å². The highest BCUT2D eigenvalue weighted by Crippen LogP contribution is 2.68. The molecule has 6 heteroatoms. The second kappa shape index (κ2) is 8.20. The molecule has 1 heterocycles. The lowest BCUT2D eigenvalue weighted by Crippen LogP contribution is -2.56. The van der Waals surface area contributed by atoms with Gasteiger partial charge in [0.25, 0.3) is 0 Å². The largest absolute Gasteiger partial charge is 0.387 e. The van der Waals surface area contributed by atoms with Crippen LogP contribution < -0.4 is 0 Å². The molecule has 0 amide bonds. The van der Waals surface area contributed by atoms with Crippen LogP contribution in [0, 0.1) is 51.8 Å². The number of Topliss-reactive ketones (excluding diaryl/α,β-unsaturated/α-hetero) is 1. The maximum Gasteiger partial charge on any atom is 0.157 e. The van der Waals surface area contributed by atoms with E-state index in [1.165, 1.54) is 25.5 Å². The van der Waals surface area contributed by atoms with Crippen molar-refractivity contribution < 1.29 is 14.6 Å². The van der Waals surface area contributed by atoms with Crippen molar-refractivity contribution >= 4 is 5.78 Å². The molecule has 33 heavy (non-hydrogen) atoms. The molecule has 180 valence electrons. The van der Waals surface area contributed by atoms with Gasteiger partial charge in [-0.15, -0.1) is 0 Å². The van der Waals surface area contributed by atoms with Crippen LogP contribution >= 0.6 is 0 Å². The molecular weight excluding hydrogens is 414 g/mol. The van der Waals surface area contributed by atoms with E-state index in [9.17, 15) is 9.90 Å². The van der Waals surface area contributed by atoms with Gasteiger partial charge in [-0.25, -0.2) is 0 Å². The number of fused-ring (bicyclic) bond motifs is 5. The minimum Gasteiger partial charge on any atom is -0.387 e. The van der Waals surface area contributed by atoms with Gasteiger partial charge in [0, 0.05) is 19.2 Å². The van der Waals surface area contributed by atoms with Crippen LogP contribution in [0.3, 0.4) is 0 Å². The van der Waals surface area contributed by atoms with E-state index in [0.29, 0.717) is 41.3 Å². The van der Waals surface area contributed by atoms with Gasteiger partial charge in [0.1, 0.15) is 6.07 Å². The third-order valence-electron chi connectivity index (χ3n) is 10.7. The number of carbonyl (C=O) groups excluding carboxylic acids is 1. The maximum atomic E-state index is 13.4. The fourth-order valence-electron chi connectivity index (χ4n) is 9.03. The van der Waals surface area contributed by atoms with Gasteiger partial charge in [0.15, 0.2) is 5.78 Å². The van der Waals surface area contributed by atoms with Crippen molar-refractivity contribution in [1.82, 2.24) is 9.78 Å². The lowest BCUT2D eigenvalue weighted by molar-refractivity contribution is -0.164. The third kappa shape index (κ3) is 3.67. The zero-order valence-electron chi connectivity index (χ0n) is 20.4. The van der Waals surface area contributed by atoms with Gasteiger partial charge in [-0.05, 0) is 92.3 Å². The van der Waals surface area contributed by atoms with E-state index >= 15 is 0 Å². The van der Waals surface area contributed by atoms with E-state index in [2.05, 4.69) is 25.0 Å². The van der Waals surface area contributed by atoms with Crippen LogP contribution in [0.1, 0.15) is 77.2 Å². The number of aromatic nitrogens is 2. The van der Waals surface area contributed by atoms with Gasteiger partial charge in [0.2, 0.25) is 0 Å². The molecule has 0 radical (unpaired) electrons. The predicted molar refractivity (Wildman–Crippen MR) is 124 cm³/mol. The summed E-state index contributed by atoms with van der Waals surface area (Å²) in [4.78, 5) is 13.4. The predicted octanol–water partition coefficient (Wildman–Crippen LogP) is 4.36. The van der Waals surface area contributed by atoms with Gasteiger partial charge in [-0.1, -0.05) is 13.8 Å². The number of rotatable bonds is 5. The standard InChI is InChI=1S/C27H39N3O3/c1-25-10-11-27(32,17-33-3)12-19(25)4-5-20-21-6-7-23(26(21,2)9-8-22(20)25)24(31)16-30-15-18(13-28)14-29-30/h14-15,19-23,32H,4-12,16-17H2,1-3H3/t19-,20+,21+,22+,23-,25+,26+,27-/m1/s1. The van der Waals surface area contributed by atoms with Crippen molar-refractivity contribution in [2.45, 2.75) is 83.8 Å². The van der Waals surface area contributed by atoms with E-state index in [1.54, 1.807) is 18.0 Å². The van der Waals surface area contributed by atoms with Crippen LogP contribution in [0.5, 0.6) is 0 Å². The quantitative estimate of drug-likeness (QED) is 0.716. The van der Waals surface area contributed by atoms with Crippen LogP contribution in [0.4, 0.5) is 0 Å². The normalized spacial score (nSPS) is 44.4. The van der Waals surface area contributed by atoms with E-state index < -0.39 is 5.60 Å². The maximum absolute atomic E-state index is 13.4. The number of nitrogens with zero attached hydrogens (tertiary/aromatic N) is 3. The Morgan fingerprint density at radius 2 is 1.97 bits per heavy atom. The summed E-state index contributed by atoms with van der Waals surface area (Å²) < 4.78 is 6.99. The molecule has 4 saturated carbocycles. The second-order valence-electron chi connectivity index (χ2n) is 12.2. The average Bonchev–Trinajstić information content (AvgIpc) is 3.38. The Hall–Kier alpha value is -1.71. The van der Waals surface area contributed by atoms with Crippen molar-refractivity contribution in [2.75, 3.05) is 13.7 Å². The first kappa shape index (κ1) is 23.1. The molecule has 4 fully saturated rings. The highest BCUT2D eigenvalue weighted by Gasteiger charge is 2.62. The van der Waals surface area contributed by atoms with Gasteiger partial charge in [0.05, 0.1) is 30.5 Å². The Morgan fingerprint density at radius 1 is 1.18 bits per heavy atom. The molecule has 8 atom stereocenters. The second-order valence-corrected chi connectivity index (χ2v) is 12.2. The highest BCUT2D eigenvalue weighted by molar-refractivity contribution is 5.82. The number of nitriles is 1. The number of hydrogen-bond donors (Lipinski definition) is 1. The summed E-state index contributed by atoms with van der Waals surface area (Å²) in [6.07, 6.45) is 12.9. The molecule has 1 aromatic heterocycles. The summed E-state index contributed by atoms with van der Waals surface area (Å²) in [5.74, 6) is 2.99. The Bertz CT molecular complexity index is 953. The zero-order valence-corrected chi connectivity index (χ0v) is 20.4. The molecule has 0 saturated heterocycles. The molecule has 1 N–H and O–H groups in total. The Kier molecular flexibility index (Phi) is 5.73. The van der Waals surface area contributed by atoms with E-state index in [-0.39, 0.29) is 23.7 Å². The molecule has 4 aliphatic carbocycles. The molecule has 0 bridgehead atoms. The fourth-order valence-corrected chi connectivity index (χ4v) is 9.03. The van der Waals surface area contributed by atoms with Crippen LogP contribution in [0.2, 0.25) is 0 Å². The lowest BCUT2D eigenvalue weighted by atomic mass is 9.44. The first-order chi connectivity index (χ1) is 15.7. The molecule has 6 nitrogen and oxygen atoms in total. The summed E-state index contributed by atoms with van der Waals surface area (Å²) in [6.45, 7) is 5.62. The van der Waals surface area contributed by atoms with E-state index in [4.69, 9.17) is 10.00 Å². The minimum absolute atomic E-state index is 0.0815. The molecule has 4 aliphatic rings. The molecule has 0 aliphatic heterocycles. The van der Waals surface area contributed by atoms with Gasteiger partial charge in [-0.2, -0.15) is 10.4 Å². The molecule has 0 spiro atoms. The highest BCUT2D eigenvalue weighted by atomic mass is 16.5. The summed E-state index contributed by atoms with van der Waals surface area (Å²) in [6, 6.07) is 2.10. The first-order valence-corrected chi connectivity index (χ1v) is 12.9. The van der Waals surface area contributed by atoms with Gasteiger partial charge < -0.3 is 9.84 Å². The SMILES string of the molecule is COC[C@@]1(O)CC[C@@]2(C)[C@H](CC[C@@H]3[C@@H]2CC[C@]2(C)[C@@H](C(=O)Cn4cc(C#N)cn4)CC[C@@H]32)C1. The summed E-state index contributed by atoms with van der Waals surface area (Å²) in [7, 11) is 1.69. The number of methoxy groups -OCH3 is 1. The number of carbonyl (C=O) groups is 1. The van der Waals surface area contributed by atoms with Crippen molar-refractivity contribution in [2.24, 2.45) is 40.4 Å². The summed E-state index contributed by atoms with van der Waals surface area (Å²) in [5, 5.41) is 24.3. The van der Waals surface area contributed by atoms with Crippen LogP contribution in [-0.2, 0) is 16.1 Å². The molecule has 0 unspecified atom stereocenters.